The van der Waals surface area contributed by atoms with Crippen LogP contribution in [-0.2, 0) is 6.54 Å². The van der Waals surface area contributed by atoms with Gasteiger partial charge >= 0.3 is 5.69 Å². The third-order valence-electron chi connectivity index (χ3n) is 3.35. The molecule has 1 N–H and O–H groups in total. The number of anilines is 1. The second kappa shape index (κ2) is 6.73. The van der Waals surface area contributed by atoms with Gasteiger partial charge in [-0.25, -0.2) is 15.0 Å². The Morgan fingerprint density at radius 3 is 2.71 bits per heavy atom. The third-order valence-corrected chi connectivity index (χ3v) is 3.35. The van der Waals surface area contributed by atoms with Gasteiger partial charge < -0.3 is 10.1 Å². The highest BCUT2D eigenvalue weighted by atomic mass is 16.6. The molecule has 0 fully saturated rings. The van der Waals surface area contributed by atoms with Crippen molar-refractivity contribution in [2.24, 2.45) is 0 Å². The Morgan fingerprint density at radius 2 is 2.08 bits per heavy atom. The lowest BCUT2D eigenvalue weighted by atomic mass is 10.2. The van der Waals surface area contributed by atoms with E-state index in [-0.39, 0.29) is 17.3 Å². The fraction of sp³-hybridized carbons (Fsp3) is 0.133. The second-order valence-electron chi connectivity index (χ2n) is 4.82. The minimum Gasteiger partial charge on any atom is -0.497 e. The summed E-state index contributed by atoms with van der Waals surface area (Å²) in [5, 5.41) is 14.5. The summed E-state index contributed by atoms with van der Waals surface area (Å²) in [7, 11) is 1.59. The fourth-order valence-electron chi connectivity index (χ4n) is 2.17. The van der Waals surface area contributed by atoms with Crippen molar-refractivity contribution in [3.8, 4) is 11.6 Å². The highest BCUT2D eigenvalue weighted by Crippen LogP contribution is 2.27. The first-order chi connectivity index (χ1) is 11.7. The predicted molar refractivity (Wildman–Crippen MR) is 86.1 cm³/mol. The lowest BCUT2D eigenvalue weighted by Gasteiger charge is -2.09. The molecule has 0 bridgehead atoms. The van der Waals surface area contributed by atoms with E-state index in [4.69, 9.17) is 4.74 Å². The first-order valence-corrected chi connectivity index (χ1v) is 7.03. The van der Waals surface area contributed by atoms with E-state index in [2.05, 4.69) is 20.3 Å². The number of rotatable bonds is 6. The molecule has 0 aliphatic rings. The minimum atomic E-state index is -0.508. The van der Waals surface area contributed by atoms with Gasteiger partial charge in [-0.3, -0.25) is 14.7 Å². The molecule has 2 heterocycles. The van der Waals surface area contributed by atoms with E-state index in [9.17, 15) is 10.1 Å². The third kappa shape index (κ3) is 3.14. The van der Waals surface area contributed by atoms with E-state index >= 15 is 0 Å². The molecule has 2 aromatic heterocycles. The van der Waals surface area contributed by atoms with Crippen LogP contribution in [0.5, 0.6) is 5.75 Å². The van der Waals surface area contributed by atoms with Crippen molar-refractivity contribution in [3.63, 3.8) is 0 Å². The van der Waals surface area contributed by atoms with Crippen LogP contribution in [0.25, 0.3) is 5.82 Å². The summed E-state index contributed by atoms with van der Waals surface area (Å²) in [5.41, 5.74) is 0.733. The normalized spacial score (nSPS) is 10.4. The van der Waals surface area contributed by atoms with Crippen molar-refractivity contribution in [1.82, 2.24) is 19.5 Å². The molecule has 0 unspecified atom stereocenters. The zero-order valence-electron chi connectivity index (χ0n) is 12.8. The molecule has 0 radical (unpaired) electrons. The zero-order valence-corrected chi connectivity index (χ0v) is 12.8. The van der Waals surface area contributed by atoms with Crippen molar-refractivity contribution in [2.75, 3.05) is 12.4 Å². The maximum Gasteiger partial charge on any atom is 0.354 e. The summed E-state index contributed by atoms with van der Waals surface area (Å²) in [6.45, 7) is 0.380. The van der Waals surface area contributed by atoms with E-state index < -0.39 is 4.92 Å². The van der Waals surface area contributed by atoms with Crippen LogP contribution in [0.3, 0.4) is 0 Å². The Bertz CT molecular complexity index is 833. The molecule has 0 saturated heterocycles. The van der Waals surface area contributed by atoms with E-state index in [1.807, 2.05) is 24.3 Å². The summed E-state index contributed by atoms with van der Waals surface area (Å²) in [6, 6.07) is 7.38. The predicted octanol–water partition coefficient (Wildman–Crippen LogP) is 2.19. The van der Waals surface area contributed by atoms with Gasteiger partial charge in [0.2, 0.25) is 11.6 Å². The van der Waals surface area contributed by atoms with Crippen molar-refractivity contribution in [1.29, 1.82) is 0 Å². The van der Waals surface area contributed by atoms with Crippen molar-refractivity contribution in [3.05, 3.63) is 65.0 Å². The number of benzene rings is 1. The van der Waals surface area contributed by atoms with Gasteiger partial charge in [-0.1, -0.05) is 12.1 Å². The lowest BCUT2D eigenvalue weighted by Crippen LogP contribution is -2.09. The average Bonchev–Trinajstić information content (AvgIpc) is 3.14. The average molecular weight is 326 g/mol. The van der Waals surface area contributed by atoms with Crippen LogP contribution in [0.2, 0.25) is 0 Å². The molecule has 9 nitrogen and oxygen atoms in total. The lowest BCUT2D eigenvalue weighted by molar-refractivity contribution is -0.384. The minimum absolute atomic E-state index is 0.148. The number of nitro groups is 1. The van der Waals surface area contributed by atoms with Crippen LogP contribution in [0.4, 0.5) is 11.5 Å². The van der Waals surface area contributed by atoms with Gasteiger partial charge in [-0.15, -0.1) is 0 Å². The van der Waals surface area contributed by atoms with E-state index in [1.54, 1.807) is 13.3 Å². The smallest absolute Gasteiger partial charge is 0.354 e. The number of ether oxygens (including phenoxy) is 1. The Morgan fingerprint density at radius 1 is 1.29 bits per heavy atom. The first kappa shape index (κ1) is 15.4. The summed E-state index contributed by atoms with van der Waals surface area (Å²) < 4.78 is 6.57. The SMILES string of the molecule is COc1ccc(CNc2ncnc(-n3ccnc3)c2[N+](=O)[O-])cc1. The molecular weight excluding hydrogens is 312 g/mol. The van der Waals surface area contributed by atoms with Crippen LogP contribution in [0, 0.1) is 10.1 Å². The van der Waals surface area contributed by atoms with Gasteiger partial charge in [-0.2, -0.15) is 0 Å². The number of imidazole rings is 1. The van der Waals surface area contributed by atoms with E-state index in [0.717, 1.165) is 11.3 Å². The molecule has 1 aromatic carbocycles. The number of nitrogens with one attached hydrogen (secondary N) is 1. The van der Waals surface area contributed by atoms with Crippen LogP contribution < -0.4 is 10.1 Å². The molecule has 3 aromatic rings. The van der Waals surface area contributed by atoms with E-state index in [1.165, 1.54) is 23.4 Å². The van der Waals surface area contributed by atoms with Gasteiger partial charge in [0.1, 0.15) is 18.4 Å². The number of hydrogen-bond acceptors (Lipinski definition) is 7. The molecule has 9 heteroatoms. The highest BCUT2D eigenvalue weighted by Gasteiger charge is 2.23. The molecule has 0 amide bonds. The molecule has 0 spiro atoms. The number of methoxy groups -OCH3 is 1. The summed E-state index contributed by atoms with van der Waals surface area (Å²) in [6.07, 6.45) is 5.83. The Hall–Kier alpha value is -3.49. The quantitative estimate of drug-likeness (QED) is 0.546. The highest BCUT2D eigenvalue weighted by molar-refractivity contribution is 5.64. The van der Waals surface area contributed by atoms with Gasteiger partial charge in [-0.05, 0) is 17.7 Å². The van der Waals surface area contributed by atoms with Crippen molar-refractivity contribution in [2.45, 2.75) is 6.54 Å². The van der Waals surface area contributed by atoms with Crippen LogP contribution >= 0.6 is 0 Å². The fourth-order valence-corrected chi connectivity index (χ4v) is 2.17. The largest absolute Gasteiger partial charge is 0.497 e. The molecule has 0 aliphatic heterocycles. The molecule has 24 heavy (non-hydrogen) atoms. The topological polar surface area (TPSA) is 108 Å². The second-order valence-corrected chi connectivity index (χ2v) is 4.82. The maximum absolute atomic E-state index is 11.5. The van der Waals surface area contributed by atoms with Crippen LogP contribution in [-0.4, -0.2) is 31.6 Å². The standard InChI is InChI=1S/C15H14N6O3/c1-24-12-4-2-11(3-5-12)8-17-14-13(21(22)23)15(19-9-18-14)20-7-6-16-10-20/h2-7,9-10H,8H2,1H3,(H,17,18,19). The maximum atomic E-state index is 11.5. The zero-order chi connectivity index (χ0) is 16.9. The first-order valence-electron chi connectivity index (χ1n) is 7.03. The van der Waals surface area contributed by atoms with Crippen LogP contribution in [0.1, 0.15) is 5.56 Å². The van der Waals surface area contributed by atoms with Crippen molar-refractivity contribution >= 4 is 11.5 Å². The van der Waals surface area contributed by atoms with E-state index in [0.29, 0.717) is 6.54 Å². The van der Waals surface area contributed by atoms with Gasteiger partial charge in [0.05, 0.1) is 12.0 Å². The van der Waals surface area contributed by atoms with Gasteiger partial charge in [0.15, 0.2) is 0 Å². The molecule has 122 valence electrons. The Labute approximate surface area is 137 Å². The van der Waals surface area contributed by atoms with Gasteiger partial charge in [0, 0.05) is 18.9 Å². The molecule has 3 rings (SSSR count). The van der Waals surface area contributed by atoms with Gasteiger partial charge in [0.25, 0.3) is 0 Å². The van der Waals surface area contributed by atoms with Crippen LogP contribution in [0.15, 0.2) is 49.3 Å². The Balaban J connectivity index is 1.87. The van der Waals surface area contributed by atoms with Crippen molar-refractivity contribution < 1.29 is 9.66 Å². The molecule has 0 saturated carbocycles. The number of aromatic nitrogens is 4. The molecule has 0 atom stereocenters. The summed E-state index contributed by atoms with van der Waals surface area (Å²) in [4.78, 5) is 22.8. The monoisotopic (exact) mass is 326 g/mol. The summed E-state index contributed by atoms with van der Waals surface area (Å²) in [5.74, 6) is 1.05. The summed E-state index contributed by atoms with van der Waals surface area (Å²) >= 11 is 0. The molecular formula is C15H14N6O3. The number of hydrogen-bond donors (Lipinski definition) is 1. The number of nitrogens with zero attached hydrogens (tertiary/aromatic N) is 5. The Kier molecular flexibility index (Phi) is 4.32. The molecule has 0 aliphatic carbocycles.